The predicted molar refractivity (Wildman–Crippen MR) is 115 cm³/mol. The fourth-order valence-corrected chi connectivity index (χ4v) is 6.12. The molecule has 2 bridgehead atoms. The van der Waals surface area contributed by atoms with Crippen LogP contribution in [0.25, 0.3) is 0 Å². The number of piperidine rings is 3. The number of ether oxygens (including phenoxy) is 1. The molecule has 31 heavy (non-hydrogen) atoms. The van der Waals surface area contributed by atoms with Crippen LogP contribution in [0.3, 0.4) is 0 Å². The molecule has 0 aliphatic carbocycles. The third-order valence-corrected chi connectivity index (χ3v) is 7.53. The Morgan fingerprint density at radius 1 is 1.19 bits per heavy atom. The van der Waals surface area contributed by atoms with E-state index in [0.717, 1.165) is 12.8 Å². The Hall–Kier alpha value is -2.28. The molecular formula is C23H27N2O5S+. The van der Waals surface area contributed by atoms with Crippen molar-refractivity contribution < 1.29 is 27.3 Å². The van der Waals surface area contributed by atoms with E-state index in [1.54, 1.807) is 31.6 Å². The Bertz CT molecular complexity index is 1050. The fraction of sp³-hybridized carbons (Fsp3) is 0.435. The molecule has 0 saturated carbocycles. The lowest BCUT2D eigenvalue weighted by atomic mass is 9.73. The normalized spacial score (nSPS) is 29.6. The molecule has 8 heteroatoms. The summed E-state index contributed by atoms with van der Waals surface area (Å²) in [6.07, 6.45) is 4.71. The molecular weight excluding hydrogens is 416 g/mol. The Morgan fingerprint density at radius 3 is 2.45 bits per heavy atom. The smallest absolute Gasteiger partial charge is 0.316 e. The Kier molecular flexibility index (Phi) is 5.66. The van der Waals surface area contributed by atoms with Crippen molar-refractivity contribution in [2.75, 3.05) is 32.6 Å². The van der Waals surface area contributed by atoms with Gasteiger partial charge in [-0.05, 0) is 6.07 Å². The van der Waals surface area contributed by atoms with Crippen molar-refractivity contribution in [3.8, 4) is 11.8 Å². The molecule has 3 saturated heterocycles. The van der Waals surface area contributed by atoms with Gasteiger partial charge in [-0.25, -0.2) is 0 Å². The minimum absolute atomic E-state index is 0.125. The molecule has 2 aromatic rings. The van der Waals surface area contributed by atoms with E-state index in [9.17, 15) is 18.1 Å². The molecule has 7 nitrogen and oxygen atoms in total. The quantitative estimate of drug-likeness (QED) is 0.416. The van der Waals surface area contributed by atoms with Crippen LogP contribution in [-0.2, 0) is 20.5 Å². The van der Waals surface area contributed by atoms with Crippen molar-refractivity contribution in [3.05, 3.63) is 66.0 Å². The highest BCUT2D eigenvalue weighted by Gasteiger charge is 2.56. The van der Waals surface area contributed by atoms with Gasteiger partial charge in [0.05, 0.1) is 13.1 Å². The molecule has 3 aliphatic heterocycles. The molecule has 1 aromatic carbocycles. The van der Waals surface area contributed by atoms with Crippen molar-refractivity contribution in [1.82, 2.24) is 4.98 Å². The van der Waals surface area contributed by atoms with Gasteiger partial charge in [0.2, 0.25) is 5.88 Å². The SMILES string of the molecule is CO[C@]1(C#C[C@](O)(c2ccccc2)c2cccnc2)C[N+]2(CS(=O)(=O)O)CCC1CC2. The van der Waals surface area contributed by atoms with Gasteiger partial charge in [0.15, 0.2) is 11.2 Å². The zero-order valence-electron chi connectivity index (χ0n) is 17.4. The molecule has 0 radical (unpaired) electrons. The third kappa shape index (κ3) is 4.25. The summed E-state index contributed by atoms with van der Waals surface area (Å²) >= 11 is 0. The summed E-state index contributed by atoms with van der Waals surface area (Å²) in [6.45, 7) is 1.66. The van der Waals surface area contributed by atoms with Gasteiger partial charge in [-0.1, -0.05) is 48.2 Å². The first-order valence-corrected chi connectivity index (χ1v) is 11.9. The van der Waals surface area contributed by atoms with Crippen molar-refractivity contribution in [2.45, 2.75) is 24.0 Å². The number of aliphatic hydroxyl groups is 1. The standard InChI is InChI=1S/C23H26N2O5S/c1-30-22(17-25(18-31(27,28)29)14-9-19(22)10-15-25)11-12-23(26,20-6-3-2-4-7-20)21-8-5-13-24-16-21/h2-8,13,16,19,26H,9-10,14-15,17-18H2,1H3/p+1/t19?,22-,23+,25?/m1/s1. The number of rotatable bonds is 5. The summed E-state index contributed by atoms with van der Waals surface area (Å²) in [5.74, 6) is 6.07. The summed E-state index contributed by atoms with van der Waals surface area (Å²) in [7, 11) is -2.57. The topological polar surface area (TPSA) is 96.7 Å². The first-order valence-electron chi connectivity index (χ1n) is 10.3. The van der Waals surface area contributed by atoms with E-state index in [1.807, 2.05) is 30.3 Å². The van der Waals surface area contributed by atoms with Crippen LogP contribution in [0.2, 0.25) is 0 Å². The maximum Gasteiger partial charge on any atom is 0.316 e. The number of hydrogen-bond acceptors (Lipinski definition) is 5. The molecule has 4 heterocycles. The zero-order valence-corrected chi connectivity index (χ0v) is 18.3. The average molecular weight is 444 g/mol. The number of quaternary nitrogens is 1. The van der Waals surface area contributed by atoms with Crippen LogP contribution in [0.4, 0.5) is 0 Å². The Balaban J connectivity index is 1.78. The summed E-state index contributed by atoms with van der Waals surface area (Å²) in [6, 6.07) is 12.7. The second-order valence-corrected chi connectivity index (χ2v) is 10.0. The maximum atomic E-state index is 11.7. The van der Waals surface area contributed by atoms with Gasteiger partial charge in [-0.15, -0.1) is 0 Å². The molecule has 2 N–H and O–H groups in total. The summed E-state index contributed by atoms with van der Waals surface area (Å²) in [5.41, 5.74) is -1.35. The van der Waals surface area contributed by atoms with Crippen molar-refractivity contribution in [3.63, 3.8) is 0 Å². The highest BCUT2D eigenvalue weighted by molar-refractivity contribution is 7.85. The Labute approximate surface area is 183 Å². The van der Waals surface area contributed by atoms with Crippen LogP contribution in [-0.4, -0.2) is 65.8 Å². The summed E-state index contributed by atoms with van der Waals surface area (Å²) < 4.78 is 39.0. The largest absolute Gasteiger partial charge is 0.369 e. The van der Waals surface area contributed by atoms with Crippen LogP contribution < -0.4 is 0 Å². The van der Waals surface area contributed by atoms with E-state index in [2.05, 4.69) is 16.8 Å². The molecule has 0 spiro atoms. The van der Waals surface area contributed by atoms with Gasteiger partial charge < -0.3 is 14.3 Å². The molecule has 2 atom stereocenters. The molecule has 3 aliphatic rings. The van der Waals surface area contributed by atoms with Gasteiger partial charge in [0, 0.05) is 49.4 Å². The average Bonchev–Trinajstić information content (AvgIpc) is 2.78. The van der Waals surface area contributed by atoms with E-state index in [0.29, 0.717) is 30.8 Å². The van der Waals surface area contributed by atoms with Crippen LogP contribution in [0.5, 0.6) is 0 Å². The number of methoxy groups -OCH3 is 1. The van der Waals surface area contributed by atoms with E-state index in [-0.39, 0.29) is 16.3 Å². The van der Waals surface area contributed by atoms with Crippen LogP contribution >= 0.6 is 0 Å². The number of fused-ring (bicyclic) bond motifs is 3. The van der Waals surface area contributed by atoms with E-state index in [1.165, 1.54) is 0 Å². The minimum atomic E-state index is -4.15. The monoisotopic (exact) mass is 443 g/mol. The van der Waals surface area contributed by atoms with Gasteiger partial charge in [0.25, 0.3) is 0 Å². The highest BCUT2D eigenvalue weighted by atomic mass is 32.2. The van der Waals surface area contributed by atoms with Gasteiger partial charge in [-0.3, -0.25) is 9.54 Å². The molecule has 5 rings (SSSR count). The first kappa shape index (κ1) is 21.9. The molecule has 0 unspecified atom stereocenters. The fourth-order valence-electron chi connectivity index (χ4n) is 5.08. The summed E-state index contributed by atoms with van der Waals surface area (Å²) in [5, 5.41) is 11.7. The molecule has 0 amide bonds. The highest BCUT2D eigenvalue weighted by Crippen LogP contribution is 2.43. The second kappa shape index (κ2) is 8.01. The lowest BCUT2D eigenvalue weighted by molar-refractivity contribution is -0.939. The Morgan fingerprint density at radius 2 is 1.87 bits per heavy atom. The minimum Gasteiger partial charge on any atom is -0.369 e. The lowest BCUT2D eigenvalue weighted by Gasteiger charge is -2.55. The molecule has 1 aromatic heterocycles. The molecule has 3 fully saturated rings. The van der Waals surface area contributed by atoms with Gasteiger partial charge >= 0.3 is 10.1 Å². The second-order valence-electron chi connectivity index (χ2n) is 8.59. The lowest BCUT2D eigenvalue weighted by Crippen LogP contribution is -2.70. The number of hydrogen-bond donors (Lipinski definition) is 2. The van der Waals surface area contributed by atoms with Crippen molar-refractivity contribution in [2.24, 2.45) is 5.92 Å². The van der Waals surface area contributed by atoms with Gasteiger partial charge in [-0.2, -0.15) is 8.42 Å². The number of pyridine rings is 1. The number of aromatic nitrogens is 1. The van der Waals surface area contributed by atoms with Crippen LogP contribution in [0.1, 0.15) is 24.0 Å². The maximum absolute atomic E-state index is 11.7. The number of nitrogens with zero attached hydrogens (tertiary/aromatic N) is 2. The van der Waals surface area contributed by atoms with E-state index in [4.69, 9.17) is 4.74 Å². The van der Waals surface area contributed by atoms with E-state index < -0.39 is 21.3 Å². The van der Waals surface area contributed by atoms with Crippen LogP contribution in [0.15, 0.2) is 54.9 Å². The molecule has 164 valence electrons. The van der Waals surface area contributed by atoms with Crippen molar-refractivity contribution in [1.29, 1.82) is 0 Å². The zero-order chi connectivity index (χ0) is 22.2. The first-order chi connectivity index (χ1) is 14.7. The van der Waals surface area contributed by atoms with E-state index >= 15 is 0 Å². The van der Waals surface area contributed by atoms with Crippen molar-refractivity contribution >= 4 is 10.1 Å². The third-order valence-electron chi connectivity index (χ3n) is 6.66. The predicted octanol–water partition coefficient (Wildman–Crippen LogP) is 1.79. The van der Waals surface area contributed by atoms with Crippen LogP contribution in [0, 0.1) is 17.8 Å². The summed E-state index contributed by atoms with van der Waals surface area (Å²) in [4.78, 5) is 4.14. The number of benzene rings is 1. The van der Waals surface area contributed by atoms with Gasteiger partial charge in [0.1, 0.15) is 6.54 Å².